The average molecular weight is 345 g/mol. The fraction of sp³-hybridized carbons (Fsp3) is 0.467. The Kier molecular flexibility index (Phi) is 5.81. The number of hydrogen-bond acceptors (Lipinski definition) is 2. The molecule has 1 aliphatic rings. The lowest BCUT2D eigenvalue weighted by molar-refractivity contribution is -0.367. The van der Waals surface area contributed by atoms with E-state index >= 15 is 0 Å². The lowest BCUT2D eigenvalue weighted by Crippen LogP contribution is -2.42. The predicted octanol–water partition coefficient (Wildman–Crippen LogP) is 2.09. The molecule has 1 saturated heterocycles. The third kappa shape index (κ3) is 4.82. The maximum Gasteiger partial charge on any atom is 0.419 e. The molecule has 1 aromatic heterocycles. The topological polar surface area (TPSA) is 32.6 Å². The van der Waals surface area contributed by atoms with Gasteiger partial charge in [-0.15, -0.1) is 6.58 Å². The first-order chi connectivity index (χ1) is 10.9. The lowest BCUT2D eigenvalue weighted by Gasteiger charge is -2.22. The Morgan fingerprint density at radius 2 is 2.09 bits per heavy atom. The largest absolute Gasteiger partial charge is 0.419 e. The van der Waals surface area contributed by atoms with Gasteiger partial charge in [0.15, 0.2) is 5.11 Å². The van der Waals surface area contributed by atoms with Crippen molar-refractivity contribution in [3.8, 4) is 0 Å². The van der Waals surface area contributed by atoms with E-state index in [1.165, 1.54) is 6.07 Å². The van der Waals surface area contributed by atoms with Crippen LogP contribution in [0.3, 0.4) is 0 Å². The first kappa shape index (κ1) is 17.5. The van der Waals surface area contributed by atoms with Crippen LogP contribution in [0, 0.1) is 0 Å². The molecule has 2 rings (SSSR count). The van der Waals surface area contributed by atoms with Gasteiger partial charge in [-0.25, -0.2) is 4.98 Å². The zero-order valence-electron chi connectivity index (χ0n) is 12.7. The molecule has 0 spiro atoms. The minimum atomic E-state index is -4.33. The Bertz CT molecular complexity index is 545. The number of anilines is 1. The van der Waals surface area contributed by atoms with Gasteiger partial charge < -0.3 is 10.2 Å². The molecule has 2 heterocycles. The molecule has 23 heavy (non-hydrogen) atoms. The van der Waals surface area contributed by atoms with Crippen LogP contribution in [0.25, 0.3) is 0 Å². The van der Waals surface area contributed by atoms with Crippen LogP contribution in [-0.2, 0) is 6.18 Å². The Morgan fingerprint density at radius 3 is 2.70 bits per heavy atom. The predicted molar refractivity (Wildman–Crippen MR) is 87.2 cm³/mol. The minimum Gasteiger partial charge on any atom is -0.359 e. The van der Waals surface area contributed by atoms with Gasteiger partial charge >= 0.3 is 6.18 Å². The Morgan fingerprint density at radius 1 is 1.30 bits per heavy atom. The first-order valence-electron chi connectivity index (χ1n) is 7.39. The maximum absolute atomic E-state index is 12.6. The van der Waals surface area contributed by atoms with Gasteiger partial charge in [-0.2, -0.15) is 13.2 Å². The van der Waals surface area contributed by atoms with E-state index in [4.69, 9.17) is 12.2 Å². The summed E-state index contributed by atoms with van der Waals surface area (Å²) in [5, 5.41) is 3.78. The molecule has 0 amide bonds. The van der Waals surface area contributed by atoms with Crippen molar-refractivity contribution in [2.75, 3.05) is 37.6 Å². The molecule has 0 aliphatic carbocycles. The fourth-order valence-corrected chi connectivity index (χ4v) is 2.69. The highest BCUT2D eigenvalue weighted by molar-refractivity contribution is 7.80. The second kappa shape index (κ2) is 7.63. The number of hydrogen-bond donors (Lipinski definition) is 1. The number of aromatic nitrogens is 1. The van der Waals surface area contributed by atoms with Crippen LogP contribution in [-0.4, -0.2) is 42.7 Å². The highest BCUT2D eigenvalue weighted by Crippen LogP contribution is 2.28. The molecular weight excluding hydrogens is 325 g/mol. The van der Waals surface area contributed by atoms with Gasteiger partial charge in [0.2, 0.25) is 0 Å². The van der Waals surface area contributed by atoms with Crippen LogP contribution in [0.1, 0.15) is 12.0 Å². The second-order valence-corrected chi connectivity index (χ2v) is 5.65. The molecule has 1 aliphatic heterocycles. The lowest BCUT2D eigenvalue weighted by atomic mass is 10.2. The summed E-state index contributed by atoms with van der Waals surface area (Å²) in [6, 6.07) is 2.58. The van der Waals surface area contributed by atoms with Crippen molar-refractivity contribution in [3.05, 3.63) is 36.5 Å². The number of halogens is 3. The molecule has 2 N–H and O–H groups in total. The smallest absolute Gasteiger partial charge is 0.359 e. The quantitative estimate of drug-likeness (QED) is 0.672. The second-order valence-electron chi connectivity index (χ2n) is 5.26. The molecule has 0 atom stereocenters. The molecule has 1 aromatic rings. The van der Waals surface area contributed by atoms with Crippen molar-refractivity contribution in [3.63, 3.8) is 0 Å². The molecule has 0 unspecified atom stereocenters. The van der Waals surface area contributed by atoms with Crippen LogP contribution in [0.15, 0.2) is 31.0 Å². The number of rotatable bonds is 3. The zero-order chi connectivity index (χ0) is 16.9. The van der Waals surface area contributed by atoms with Gasteiger partial charge in [0.25, 0.3) is 5.82 Å². The monoisotopic (exact) mass is 345 g/mol. The summed E-state index contributed by atoms with van der Waals surface area (Å²) < 4.78 is 37.8. The summed E-state index contributed by atoms with van der Waals surface area (Å²) >= 11 is 5.33. The van der Waals surface area contributed by atoms with Gasteiger partial charge in [-0.05, 0) is 18.3 Å². The van der Waals surface area contributed by atoms with Crippen molar-refractivity contribution in [1.29, 1.82) is 0 Å². The van der Waals surface area contributed by atoms with E-state index in [0.29, 0.717) is 24.0 Å². The maximum atomic E-state index is 12.6. The number of H-pyrrole nitrogens is 1. The van der Waals surface area contributed by atoms with Crippen LogP contribution < -0.4 is 15.2 Å². The van der Waals surface area contributed by atoms with Crippen molar-refractivity contribution in [2.24, 2.45) is 0 Å². The standard InChI is InChI=1S/C15H19F3N4S/c1-2-6-19-14(23)22-8-3-7-21(9-10-22)13-5-4-12(11-20-13)15(16,17)18/h2,4-5,11H,1,3,6-10H2,(H,19,23)/p+1. The normalized spacial score (nSPS) is 16.0. The van der Waals surface area contributed by atoms with Gasteiger partial charge in [-0.3, -0.25) is 4.90 Å². The molecule has 0 saturated carbocycles. The van der Waals surface area contributed by atoms with E-state index in [1.807, 2.05) is 4.90 Å². The van der Waals surface area contributed by atoms with Gasteiger partial charge in [0.1, 0.15) is 12.7 Å². The highest BCUT2D eigenvalue weighted by Gasteiger charge is 2.32. The summed E-state index contributed by atoms with van der Waals surface area (Å²) in [7, 11) is 0. The van der Waals surface area contributed by atoms with E-state index in [1.54, 1.807) is 6.08 Å². The van der Waals surface area contributed by atoms with E-state index in [9.17, 15) is 13.2 Å². The molecule has 8 heteroatoms. The van der Waals surface area contributed by atoms with Crippen molar-refractivity contribution in [2.45, 2.75) is 12.6 Å². The minimum absolute atomic E-state index is 0.617. The molecular formula is C15H20F3N4S+. The Labute approximate surface area is 139 Å². The highest BCUT2D eigenvalue weighted by atomic mass is 32.1. The Hall–Kier alpha value is -1.83. The number of pyridine rings is 1. The van der Waals surface area contributed by atoms with Crippen molar-refractivity contribution in [1.82, 2.24) is 10.2 Å². The van der Waals surface area contributed by atoms with Crippen LogP contribution in [0.5, 0.6) is 0 Å². The number of alkyl halides is 3. The molecule has 0 radical (unpaired) electrons. The summed E-state index contributed by atoms with van der Waals surface area (Å²) in [5.74, 6) is 0.685. The third-order valence-electron chi connectivity index (χ3n) is 3.65. The number of aromatic amines is 1. The van der Waals surface area contributed by atoms with Gasteiger partial charge in [0, 0.05) is 25.6 Å². The summed E-state index contributed by atoms with van der Waals surface area (Å²) in [6.07, 6.45) is -0.694. The zero-order valence-corrected chi connectivity index (χ0v) is 13.5. The molecule has 0 aromatic carbocycles. The Balaban J connectivity index is 1.97. The van der Waals surface area contributed by atoms with Crippen LogP contribution in [0.2, 0.25) is 0 Å². The van der Waals surface area contributed by atoms with Gasteiger partial charge in [0.05, 0.1) is 18.7 Å². The summed E-state index contributed by atoms with van der Waals surface area (Å²) in [5.41, 5.74) is -0.674. The number of thiocarbonyl (C=S) groups is 1. The molecule has 1 fully saturated rings. The summed E-state index contributed by atoms with van der Waals surface area (Å²) in [6.45, 7) is 7.25. The number of nitrogens with one attached hydrogen (secondary N) is 2. The molecule has 126 valence electrons. The SMILES string of the molecule is C=CCNC(=S)N1CCCN(c2ccc(C(F)(F)F)c[nH+]2)CC1. The van der Waals surface area contributed by atoms with E-state index < -0.39 is 11.7 Å². The number of nitrogens with zero attached hydrogens (tertiary/aromatic N) is 2. The van der Waals surface area contributed by atoms with E-state index in [0.717, 1.165) is 38.3 Å². The van der Waals surface area contributed by atoms with Crippen LogP contribution in [0.4, 0.5) is 19.0 Å². The van der Waals surface area contributed by atoms with Crippen molar-refractivity contribution < 1.29 is 18.2 Å². The van der Waals surface area contributed by atoms with E-state index in [-0.39, 0.29) is 0 Å². The van der Waals surface area contributed by atoms with Gasteiger partial charge in [-0.1, -0.05) is 6.08 Å². The average Bonchev–Trinajstić information content (AvgIpc) is 2.78. The third-order valence-corrected chi connectivity index (χ3v) is 4.05. The first-order valence-corrected chi connectivity index (χ1v) is 7.80. The molecule has 0 bridgehead atoms. The van der Waals surface area contributed by atoms with E-state index in [2.05, 4.69) is 21.8 Å². The summed E-state index contributed by atoms with van der Waals surface area (Å²) in [4.78, 5) is 6.86. The fourth-order valence-electron chi connectivity index (χ4n) is 2.42. The van der Waals surface area contributed by atoms with Crippen molar-refractivity contribution >= 4 is 23.1 Å². The van der Waals surface area contributed by atoms with Crippen LogP contribution >= 0.6 is 12.2 Å². The molecule has 4 nitrogen and oxygen atoms in total.